The Kier molecular flexibility index (Phi) is 2.76. The van der Waals surface area contributed by atoms with E-state index in [1.54, 1.807) is 0 Å². The fourth-order valence-electron chi connectivity index (χ4n) is 1.59. The normalized spacial score (nSPS) is 15.6. The van der Waals surface area contributed by atoms with Crippen LogP contribution in [0.3, 0.4) is 0 Å². The van der Waals surface area contributed by atoms with Gasteiger partial charge in [0.1, 0.15) is 5.75 Å². The first-order chi connectivity index (χ1) is 6.79. The van der Waals surface area contributed by atoms with Crippen LogP contribution in [0.2, 0.25) is 0 Å². The average molecular weight is 190 g/mol. The standard InChI is InChI=1S/C13H18O/c1-3-11-6-7-13(10(2)8-11)14-9-12-4-5-12/h6-8,12H,3-5,9H2,1-2H3. The number of hydrogen-bond acceptors (Lipinski definition) is 1. The van der Waals surface area contributed by atoms with E-state index < -0.39 is 0 Å². The highest BCUT2D eigenvalue weighted by Gasteiger charge is 2.22. The van der Waals surface area contributed by atoms with Crippen LogP contribution in [-0.4, -0.2) is 6.61 Å². The minimum Gasteiger partial charge on any atom is -0.493 e. The van der Waals surface area contributed by atoms with Crippen molar-refractivity contribution in [2.75, 3.05) is 6.61 Å². The summed E-state index contributed by atoms with van der Waals surface area (Å²) in [5, 5.41) is 0. The molecule has 0 aromatic heterocycles. The van der Waals surface area contributed by atoms with Crippen LogP contribution < -0.4 is 4.74 Å². The molecule has 2 rings (SSSR count). The first-order valence-corrected chi connectivity index (χ1v) is 5.52. The van der Waals surface area contributed by atoms with Crippen LogP contribution in [0.4, 0.5) is 0 Å². The minimum atomic E-state index is 0.834. The molecule has 14 heavy (non-hydrogen) atoms. The van der Waals surface area contributed by atoms with E-state index >= 15 is 0 Å². The summed E-state index contributed by atoms with van der Waals surface area (Å²) in [4.78, 5) is 0. The van der Waals surface area contributed by atoms with Gasteiger partial charge in [0.25, 0.3) is 0 Å². The molecule has 0 aliphatic heterocycles. The summed E-state index contributed by atoms with van der Waals surface area (Å²) in [6.07, 6.45) is 3.81. The molecular formula is C13H18O. The summed E-state index contributed by atoms with van der Waals surface area (Å²) in [7, 11) is 0. The molecule has 76 valence electrons. The van der Waals surface area contributed by atoms with Crippen molar-refractivity contribution in [3.63, 3.8) is 0 Å². The Morgan fingerprint density at radius 1 is 1.36 bits per heavy atom. The number of aryl methyl sites for hydroxylation is 2. The molecular weight excluding hydrogens is 172 g/mol. The van der Waals surface area contributed by atoms with Crippen molar-refractivity contribution in [3.05, 3.63) is 29.3 Å². The fourth-order valence-corrected chi connectivity index (χ4v) is 1.59. The zero-order chi connectivity index (χ0) is 9.97. The van der Waals surface area contributed by atoms with Gasteiger partial charge in [-0.25, -0.2) is 0 Å². The first kappa shape index (κ1) is 9.57. The maximum Gasteiger partial charge on any atom is 0.122 e. The second-order valence-electron chi connectivity index (χ2n) is 4.21. The third kappa shape index (κ3) is 2.28. The molecule has 0 amide bonds. The summed E-state index contributed by atoms with van der Waals surface area (Å²) in [5.74, 6) is 1.90. The van der Waals surface area contributed by atoms with Crippen molar-refractivity contribution in [1.29, 1.82) is 0 Å². The van der Waals surface area contributed by atoms with Gasteiger partial charge in [0.15, 0.2) is 0 Å². The molecule has 1 fully saturated rings. The second-order valence-corrected chi connectivity index (χ2v) is 4.21. The van der Waals surface area contributed by atoms with Gasteiger partial charge in [0.05, 0.1) is 6.61 Å². The summed E-state index contributed by atoms with van der Waals surface area (Å²) < 4.78 is 5.76. The monoisotopic (exact) mass is 190 g/mol. The number of rotatable bonds is 4. The van der Waals surface area contributed by atoms with Crippen molar-refractivity contribution >= 4 is 0 Å². The van der Waals surface area contributed by atoms with E-state index in [0.717, 1.165) is 24.7 Å². The molecule has 0 saturated heterocycles. The van der Waals surface area contributed by atoms with Gasteiger partial charge >= 0.3 is 0 Å². The maximum absolute atomic E-state index is 5.76. The topological polar surface area (TPSA) is 9.23 Å². The largest absolute Gasteiger partial charge is 0.493 e. The lowest BCUT2D eigenvalue weighted by atomic mass is 10.1. The predicted molar refractivity (Wildman–Crippen MR) is 58.8 cm³/mol. The zero-order valence-corrected chi connectivity index (χ0v) is 9.05. The van der Waals surface area contributed by atoms with Crippen LogP contribution in [0.15, 0.2) is 18.2 Å². The minimum absolute atomic E-state index is 0.834. The molecule has 0 radical (unpaired) electrons. The lowest BCUT2D eigenvalue weighted by Crippen LogP contribution is -2.00. The highest BCUT2D eigenvalue weighted by atomic mass is 16.5. The molecule has 0 unspecified atom stereocenters. The Bertz CT molecular complexity index is 313. The quantitative estimate of drug-likeness (QED) is 0.707. The average Bonchev–Trinajstić information content (AvgIpc) is 2.99. The maximum atomic E-state index is 5.76. The van der Waals surface area contributed by atoms with Gasteiger partial charge in [-0.3, -0.25) is 0 Å². The lowest BCUT2D eigenvalue weighted by molar-refractivity contribution is 0.298. The van der Waals surface area contributed by atoms with E-state index in [4.69, 9.17) is 4.74 Å². The molecule has 1 aliphatic carbocycles. The molecule has 1 saturated carbocycles. The molecule has 1 aromatic carbocycles. The van der Waals surface area contributed by atoms with Gasteiger partial charge in [0.2, 0.25) is 0 Å². The molecule has 1 aliphatic rings. The molecule has 0 spiro atoms. The lowest BCUT2D eigenvalue weighted by Gasteiger charge is -2.09. The van der Waals surface area contributed by atoms with Gasteiger partial charge in [-0.15, -0.1) is 0 Å². The van der Waals surface area contributed by atoms with Crippen LogP contribution >= 0.6 is 0 Å². The number of benzene rings is 1. The van der Waals surface area contributed by atoms with Gasteiger partial charge in [-0.1, -0.05) is 19.1 Å². The van der Waals surface area contributed by atoms with Crippen molar-refractivity contribution < 1.29 is 4.74 Å². The molecule has 1 aromatic rings. The van der Waals surface area contributed by atoms with E-state index in [9.17, 15) is 0 Å². The van der Waals surface area contributed by atoms with Crippen LogP contribution in [0, 0.1) is 12.8 Å². The van der Waals surface area contributed by atoms with Crippen LogP contribution in [0.5, 0.6) is 5.75 Å². The smallest absolute Gasteiger partial charge is 0.122 e. The summed E-state index contributed by atoms with van der Waals surface area (Å²) in [6.45, 7) is 5.22. The highest BCUT2D eigenvalue weighted by Crippen LogP contribution is 2.30. The fraction of sp³-hybridized carbons (Fsp3) is 0.538. The number of ether oxygens (including phenoxy) is 1. The van der Waals surface area contributed by atoms with E-state index in [-0.39, 0.29) is 0 Å². The van der Waals surface area contributed by atoms with E-state index in [1.165, 1.54) is 24.0 Å². The Morgan fingerprint density at radius 2 is 2.14 bits per heavy atom. The zero-order valence-electron chi connectivity index (χ0n) is 9.05. The predicted octanol–water partition coefficient (Wildman–Crippen LogP) is 3.35. The number of hydrogen-bond donors (Lipinski definition) is 0. The van der Waals surface area contributed by atoms with E-state index in [1.807, 2.05) is 0 Å². The molecule has 0 bridgehead atoms. The summed E-state index contributed by atoms with van der Waals surface area (Å²) in [5.41, 5.74) is 2.66. The first-order valence-electron chi connectivity index (χ1n) is 5.52. The van der Waals surface area contributed by atoms with Crippen LogP contribution in [-0.2, 0) is 6.42 Å². The molecule has 0 N–H and O–H groups in total. The highest BCUT2D eigenvalue weighted by molar-refractivity contribution is 5.36. The Balaban J connectivity index is 2.01. The third-order valence-corrected chi connectivity index (χ3v) is 2.82. The van der Waals surface area contributed by atoms with Gasteiger partial charge in [0, 0.05) is 0 Å². The summed E-state index contributed by atoms with van der Waals surface area (Å²) in [6, 6.07) is 6.49. The van der Waals surface area contributed by atoms with E-state index in [0.29, 0.717) is 0 Å². The molecule has 0 heterocycles. The second kappa shape index (κ2) is 4.04. The Morgan fingerprint density at radius 3 is 2.71 bits per heavy atom. The van der Waals surface area contributed by atoms with Gasteiger partial charge in [-0.2, -0.15) is 0 Å². The van der Waals surface area contributed by atoms with Crippen molar-refractivity contribution in [2.45, 2.75) is 33.1 Å². The van der Waals surface area contributed by atoms with Gasteiger partial charge < -0.3 is 4.74 Å². The van der Waals surface area contributed by atoms with Crippen molar-refractivity contribution in [3.8, 4) is 5.75 Å². The Labute approximate surface area is 86.1 Å². The molecule has 1 nitrogen and oxygen atoms in total. The third-order valence-electron chi connectivity index (χ3n) is 2.82. The van der Waals surface area contributed by atoms with E-state index in [2.05, 4.69) is 32.0 Å². The van der Waals surface area contributed by atoms with Crippen LogP contribution in [0.25, 0.3) is 0 Å². The summed E-state index contributed by atoms with van der Waals surface area (Å²) >= 11 is 0. The van der Waals surface area contributed by atoms with Crippen LogP contribution in [0.1, 0.15) is 30.9 Å². The molecule has 1 heteroatoms. The Hall–Kier alpha value is -0.980. The van der Waals surface area contributed by atoms with Crippen molar-refractivity contribution in [2.24, 2.45) is 5.92 Å². The van der Waals surface area contributed by atoms with Gasteiger partial charge in [-0.05, 0) is 49.3 Å². The van der Waals surface area contributed by atoms with Crippen molar-refractivity contribution in [1.82, 2.24) is 0 Å². The SMILES string of the molecule is CCc1ccc(OCC2CC2)c(C)c1. The molecule has 0 atom stereocenters.